The van der Waals surface area contributed by atoms with Crippen molar-refractivity contribution in [1.82, 2.24) is 0 Å². The number of nitrogens with one attached hydrogen (secondary N) is 1. The van der Waals surface area contributed by atoms with Gasteiger partial charge in [0.1, 0.15) is 4.33 Å². The molecule has 3 fully saturated rings. The number of Topliss-reactive ketones (excluding diaryl/α,β-unsaturated/α-hetero) is 1. The zero-order valence-corrected chi connectivity index (χ0v) is 15.1. The number of rotatable bonds is 3. The third-order valence-electron chi connectivity index (χ3n) is 6.16. The first-order valence-corrected chi connectivity index (χ1v) is 9.45. The fourth-order valence-electron chi connectivity index (χ4n) is 4.65. The van der Waals surface area contributed by atoms with Crippen LogP contribution in [0.3, 0.4) is 0 Å². The van der Waals surface area contributed by atoms with Gasteiger partial charge in [-0.25, -0.2) is 0 Å². The molecular formula is C19H21Cl2NO2. The van der Waals surface area contributed by atoms with Gasteiger partial charge in [0.05, 0.1) is 0 Å². The molecule has 3 aliphatic rings. The lowest BCUT2D eigenvalue weighted by molar-refractivity contribution is -0.117. The highest BCUT2D eigenvalue weighted by Crippen LogP contribution is 2.67. The number of benzene rings is 1. The van der Waals surface area contributed by atoms with Crippen molar-refractivity contribution < 1.29 is 9.59 Å². The summed E-state index contributed by atoms with van der Waals surface area (Å²) in [6.45, 7) is 1.53. The molecule has 0 spiro atoms. The molecule has 1 aromatic carbocycles. The molecule has 5 atom stereocenters. The molecule has 24 heavy (non-hydrogen) atoms. The predicted molar refractivity (Wildman–Crippen MR) is 95.4 cm³/mol. The Labute approximate surface area is 152 Å². The molecule has 1 N–H and O–H groups in total. The second-order valence-electron chi connectivity index (χ2n) is 7.52. The summed E-state index contributed by atoms with van der Waals surface area (Å²) in [5.74, 6) is 1.95. The van der Waals surface area contributed by atoms with Crippen LogP contribution >= 0.6 is 23.2 Å². The number of hydrogen-bond acceptors (Lipinski definition) is 2. The van der Waals surface area contributed by atoms with Crippen molar-refractivity contribution in [2.24, 2.45) is 29.6 Å². The Balaban J connectivity index is 1.39. The molecular weight excluding hydrogens is 345 g/mol. The van der Waals surface area contributed by atoms with E-state index in [1.807, 2.05) is 6.07 Å². The summed E-state index contributed by atoms with van der Waals surface area (Å²) in [5.41, 5.74) is 1.32. The predicted octanol–water partition coefficient (Wildman–Crippen LogP) is 4.68. The number of carbonyl (C=O) groups excluding carboxylic acids is 2. The minimum atomic E-state index is -0.512. The van der Waals surface area contributed by atoms with E-state index in [1.165, 1.54) is 6.92 Å². The number of halogens is 2. The molecule has 3 nitrogen and oxygen atoms in total. The summed E-state index contributed by atoms with van der Waals surface area (Å²) in [6, 6.07) is 7.14. The lowest BCUT2D eigenvalue weighted by Crippen LogP contribution is -2.16. The summed E-state index contributed by atoms with van der Waals surface area (Å²) in [4.78, 5) is 24.1. The van der Waals surface area contributed by atoms with Gasteiger partial charge in [0.15, 0.2) is 5.78 Å². The SMILES string of the molecule is CC(=O)c1cccc(NC(=O)C2[C@H]3CC[C@H]4[C@@H](CC[C@@H]23)C4(Cl)Cl)c1. The lowest BCUT2D eigenvalue weighted by Gasteiger charge is -2.06. The summed E-state index contributed by atoms with van der Waals surface area (Å²) in [7, 11) is 0. The van der Waals surface area contributed by atoms with Crippen LogP contribution in [0.1, 0.15) is 43.0 Å². The second-order valence-corrected chi connectivity index (χ2v) is 8.97. The average molecular weight is 366 g/mol. The van der Waals surface area contributed by atoms with Crippen molar-refractivity contribution in [2.75, 3.05) is 5.32 Å². The molecule has 0 aromatic heterocycles. The van der Waals surface area contributed by atoms with E-state index in [4.69, 9.17) is 23.2 Å². The van der Waals surface area contributed by atoms with Gasteiger partial charge in [0.2, 0.25) is 5.91 Å². The molecule has 5 heteroatoms. The van der Waals surface area contributed by atoms with Crippen LogP contribution < -0.4 is 5.32 Å². The van der Waals surface area contributed by atoms with E-state index in [9.17, 15) is 9.59 Å². The second kappa shape index (κ2) is 5.74. The first-order valence-electron chi connectivity index (χ1n) is 8.69. The minimum Gasteiger partial charge on any atom is -0.326 e. The van der Waals surface area contributed by atoms with Crippen LogP contribution in [0.2, 0.25) is 0 Å². The number of anilines is 1. The summed E-state index contributed by atoms with van der Waals surface area (Å²) >= 11 is 12.7. The van der Waals surface area contributed by atoms with Gasteiger partial charge in [-0.15, -0.1) is 23.2 Å². The fourth-order valence-corrected chi connectivity index (χ4v) is 5.57. The molecule has 0 bridgehead atoms. The molecule has 1 unspecified atom stereocenters. The monoisotopic (exact) mass is 365 g/mol. The first-order chi connectivity index (χ1) is 11.4. The van der Waals surface area contributed by atoms with Gasteiger partial charge in [-0.2, -0.15) is 0 Å². The molecule has 0 saturated heterocycles. The van der Waals surface area contributed by atoms with Gasteiger partial charge in [-0.1, -0.05) is 12.1 Å². The molecule has 128 valence electrons. The van der Waals surface area contributed by atoms with E-state index in [-0.39, 0.29) is 17.6 Å². The third-order valence-corrected chi connectivity index (χ3v) is 7.28. The Kier molecular flexibility index (Phi) is 3.92. The zero-order chi connectivity index (χ0) is 17.1. The van der Waals surface area contributed by atoms with Crippen LogP contribution in [-0.2, 0) is 4.79 Å². The number of hydrogen-bond donors (Lipinski definition) is 1. The maximum atomic E-state index is 12.6. The summed E-state index contributed by atoms with van der Waals surface area (Å²) in [5, 5.41) is 2.99. The number of fused-ring (bicyclic) bond motifs is 2. The van der Waals surface area contributed by atoms with Crippen molar-refractivity contribution in [3.05, 3.63) is 29.8 Å². The van der Waals surface area contributed by atoms with Gasteiger partial charge in [-0.3, -0.25) is 9.59 Å². The fraction of sp³-hybridized carbons (Fsp3) is 0.579. The van der Waals surface area contributed by atoms with Crippen molar-refractivity contribution in [2.45, 2.75) is 36.9 Å². The van der Waals surface area contributed by atoms with Crippen molar-refractivity contribution in [1.29, 1.82) is 0 Å². The van der Waals surface area contributed by atoms with Gasteiger partial charge >= 0.3 is 0 Å². The Morgan fingerprint density at radius 1 is 1.08 bits per heavy atom. The topological polar surface area (TPSA) is 46.2 Å². The van der Waals surface area contributed by atoms with Crippen molar-refractivity contribution in [3.63, 3.8) is 0 Å². The van der Waals surface area contributed by atoms with Gasteiger partial charge in [0.25, 0.3) is 0 Å². The molecule has 0 radical (unpaired) electrons. The van der Waals surface area contributed by atoms with Gasteiger partial charge in [0, 0.05) is 17.2 Å². The first kappa shape index (κ1) is 16.4. The third kappa shape index (κ3) is 2.76. The molecule has 1 amide bonds. The molecule has 0 aliphatic heterocycles. The van der Waals surface area contributed by atoms with Crippen LogP contribution in [0.4, 0.5) is 5.69 Å². The molecule has 4 rings (SSSR count). The molecule has 0 heterocycles. The summed E-state index contributed by atoms with van der Waals surface area (Å²) in [6.07, 6.45) is 4.14. The number of alkyl halides is 2. The van der Waals surface area contributed by atoms with Crippen LogP contribution in [0, 0.1) is 29.6 Å². The summed E-state index contributed by atoms with van der Waals surface area (Å²) < 4.78 is -0.512. The Bertz CT molecular complexity index is 680. The van der Waals surface area contributed by atoms with E-state index < -0.39 is 4.33 Å². The highest BCUT2D eigenvalue weighted by molar-refractivity contribution is 6.51. The van der Waals surface area contributed by atoms with Crippen LogP contribution in [0.5, 0.6) is 0 Å². The standard InChI is InChI=1S/C19H21Cl2NO2/c1-10(23)11-3-2-4-12(9-11)22-18(24)17-13-5-7-15-16(19(15,20)21)8-6-14(13)17/h2-4,9,13-17H,5-8H2,1H3,(H,22,24)/t13-,14+,15-,16+,17?. The number of ketones is 1. The maximum Gasteiger partial charge on any atom is 0.228 e. The smallest absolute Gasteiger partial charge is 0.228 e. The van der Waals surface area contributed by atoms with E-state index in [0.29, 0.717) is 34.9 Å². The van der Waals surface area contributed by atoms with E-state index in [0.717, 1.165) is 25.7 Å². The maximum absolute atomic E-state index is 12.6. The molecule has 1 aromatic rings. The Morgan fingerprint density at radius 3 is 2.29 bits per heavy atom. The quantitative estimate of drug-likeness (QED) is 0.624. The van der Waals surface area contributed by atoms with Crippen molar-refractivity contribution in [3.8, 4) is 0 Å². The van der Waals surface area contributed by atoms with Gasteiger partial charge in [-0.05, 0) is 68.4 Å². The average Bonchev–Trinajstić information content (AvgIpc) is 3.32. The van der Waals surface area contributed by atoms with E-state index in [2.05, 4.69) is 5.32 Å². The van der Waals surface area contributed by atoms with Crippen LogP contribution in [0.25, 0.3) is 0 Å². The minimum absolute atomic E-state index is 0.00373. The zero-order valence-electron chi connectivity index (χ0n) is 13.6. The van der Waals surface area contributed by atoms with Crippen molar-refractivity contribution >= 4 is 40.6 Å². The largest absolute Gasteiger partial charge is 0.326 e. The number of carbonyl (C=O) groups is 2. The Morgan fingerprint density at radius 2 is 1.71 bits per heavy atom. The van der Waals surface area contributed by atoms with E-state index >= 15 is 0 Å². The Hall–Kier alpha value is -1.06. The van der Waals surface area contributed by atoms with Gasteiger partial charge < -0.3 is 5.32 Å². The normalized spacial score (nSPS) is 35.7. The molecule has 3 aliphatic carbocycles. The lowest BCUT2D eigenvalue weighted by atomic mass is 10.0. The molecule has 3 saturated carbocycles. The highest BCUT2D eigenvalue weighted by Gasteiger charge is 2.65. The highest BCUT2D eigenvalue weighted by atomic mass is 35.5. The number of amides is 1. The van der Waals surface area contributed by atoms with Crippen LogP contribution in [-0.4, -0.2) is 16.0 Å². The van der Waals surface area contributed by atoms with E-state index in [1.54, 1.807) is 18.2 Å². The van der Waals surface area contributed by atoms with Crippen LogP contribution in [0.15, 0.2) is 24.3 Å².